The highest BCUT2D eigenvalue weighted by atomic mass is 16.4. The molecule has 0 aliphatic rings. The smallest absolute Gasteiger partial charge is 0.303 e. The highest BCUT2D eigenvalue weighted by molar-refractivity contribution is 5.97. The number of nitrogens with one attached hydrogen (secondary N) is 9. The number of H-pyrrole nitrogens is 3. The van der Waals surface area contributed by atoms with Crippen molar-refractivity contribution in [1.29, 1.82) is 0 Å². The number of hydrogen-bond donors (Lipinski definition) is 13. The maximum Gasteiger partial charge on any atom is 0.303 e. The predicted molar refractivity (Wildman–Crippen MR) is 230 cm³/mol. The summed E-state index contributed by atoms with van der Waals surface area (Å²) in [6.07, 6.45) is 8.12. The van der Waals surface area contributed by atoms with Gasteiger partial charge in [-0.3, -0.25) is 33.6 Å². The van der Waals surface area contributed by atoms with E-state index in [1.165, 1.54) is 37.6 Å². The van der Waals surface area contributed by atoms with Crippen LogP contribution in [0.1, 0.15) is 54.7 Å². The molecule has 0 aliphatic heterocycles. The molecular weight excluding hydrogens is 849 g/mol. The van der Waals surface area contributed by atoms with E-state index in [1.807, 2.05) is 6.07 Å². The molecule has 0 bridgehead atoms. The Balaban J connectivity index is 1.56. The molecule has 15 N–H and O–H groups in total. The number of aliphatic hydroxyl groups excluding tert-OH is 1. The minimum atomic E-state index is -1.54. The van der Waals surface area contributed by atoms with Crippen molar-refractivity contribution in [2.45, 2.75) is 100 Å². The summed E-state index contributed by atoms with van der Waals surface area (Å²) in [5, 5.41) is 34.4. The van der Waals surface area contributed by atoms with Crippen molar-refractivity contribution in [2.24, 2.45) is 11.5 Å². The normalized spacial score (nSPS) is 14.3. The molecule has 0 unspecified atom stereocenters. The Morgan fingerprint density at radius 1 is 0.600 bits per heavy atom. The third-order valence-electron chi connectivity index (χ3n) is 10.0. The summed E-state index contributed by atoms with van der Waals surface area (Å²) in [4.78, 5) is 126. The third-order valence-corrected chi connectivity index (χ3v) is 10.0. The van der Waals surface area contributed by atoms with Crippen LogP contribution in [0.15, 0.2) is 67.9 Å². The van der Waals surface area contributed by atoms with Crippen molar-refractivity contribution >= 4 is 47.7 Å². The molecule has 4 rings (SSSR count). The zero-order valence-corrected chi connectivity index (χ0v) is 35.4. The van der Waals surface area contributed by atoms with Gasteiger partial charge in [-0.1, -0.05) is 30.3 Å². The molecule has 65 heavy (non-hydrogen) atoms. The van der Waals surface area contributed by atoms with Crippen LogP contribution in [0, 0.1) is 0 Å². The number of hydrogen-bond acceptors (Lipinski definition) is 14. The first kappa shape index (κ1) is 50.3. The minimum Gasteiger partial charge on any atom is -0.481 e. The number of amides is 6. The molecule has 6 amide bonds. The summed E-state index contributed by atoms with van der Waals surface area (Å²) in [5.41, 5.74) is 14.0. The quantitative estimate of drug-likeness (QED) is 0.0186. The van der Waals surface area contributed by atoms with Crippen LogP contribution in [0.25, 0.3) is 0 Å². The number of carboxylic acids is 1. The van der Waals surface area contributed by atoms with Crippen LogP contribution in [-0.4, -0.2) is 143 Å². The number of benzene rings is 1. The van der Waals surface area contributed by atoms with E-state index in [-0.39, 0.29) is 38.6 Å². The number of aliphatic hydroxyl groups is 1. The average Bonchev–Trinajstić information content (AvgIpc) is 4.12. The number of imidazole rings is 3. The van der Waals surface area contributed by atoms with E-state index in [2.05, 4.69) is 61.8 Å². The summed E-state index contributed by atoms with van der Waals surface area (Å²) in [5.74, 6) is -6.30. The van der Waals surface area contributed by atoms with Crippen LogP contribution in [0.5, 0.6) is 0 Å². The fraction of sp³-hybridized carbons (Fsp3) is 0.439. The van der Waals surface area contributed by atoms with Crippen LogP contribution in [-0.2, 0) is 64.0 Å². The summed E-state index contributed by atoms with van der Waals surface area (Å²) < 4.78 is 0. The number of aliphatic carboxylic acids is 1. The number of rotatable bonds is 29. The Kier molecular flexibility index (Phi) is 20.4. The van der Waals surface area contributed by atoms with Gasteiger partial charge in [0.2, 0.25) is 35.4 Å². The number of carbonyl (C=O) groups is 8. The molecule has 350 valence electrons. The zero-order valence-electron chi connectivity index (χ0n) is 35.4. The second-order valence-electron chi connectivity index (χ2n) is 15.1. The number of carbonyl (C=O) groups excluding carboxylic acids is 7. The molecule has 1 aromatic carbocycles. The lowest BCUT2D eigenvalue weighted by Crippen LogP contribution is -2.60. The van der Waals surface area contributed by atoms with Crippen molar-refractivity contribution in [1.82, 2.24) is 61.8 Å². The molecule has 7 atom stereocenters. The van der Waals surface area contributed by atoms with E-state index < -0.39 is 103 Å². The largest absolute Gasteiger partial charge is 0.481 e. The average molecular weight is 905 g/mol. The predicted octanol–water partition coefficient (Wildman–Crippen LogP) is -3.45. The van der Waals surface area contributed by atoms with Crippen molar-refractivity contribution < 1.29 is 48.6 Å². The van der Waals surface area contributed by atoms with E-state index in [0.717, 1.165) is 5.56 Å². The van der Waals surface area contributed by atoms with E-state index in [9.17, 15) is 48.6 Å². The van der Waals surface area contributed by atoms with Crippen LogP contribution in [0.3, 0.4) is 0 Å². The zero-order chi connectivity index (χ0) is 47.1. The Labute approximate surface area is 372 Å². The SMILES string of the molecule is NCCCC[C@H](NC(=O)[C@H](CCC(=O)O)NC(=O)[C@H](Cc1cnc[nH]1)NC(=O)[C@@H](N)Cc1ccccc1)C(=O)N[C@@H](Cc1cnc[nH]1)C(=O)N[C@@H](Cc1cnc[nH]1)C(=O)N[C@H](C=O)CO. The lowest BCUT2D eigenvalue weighted by atomic mass is 10.0. The fourth-order valence-corrected chi connectivity index (χ4v) is 6.51. The lowest BCUT2D eigenvalue weighted by molar-refractivity contribution is -0.138. The Hall–Kier alpha value is -7.31. The van der Waals surface area contributed by atoms with Crippen molar-refractivity contribution in [2.75, 3.05) is 13.2 Å². The number of aromatic nitrogens is 6. The number of unbranched alkanes of at least 4 members (excludes halogenated alkanes) is 1. The van der Waals surface area contributed by atoms with E-state index in [0.29, 0.717) is 36.2 Å². The van der Waals surface area contributed by atoms with Crippen LogP contribution in [0.2, 0.25) is 0 Å². The number of nitrogens with two attached hydrogens (primary N) is 2. The van der Waals surface area contributed by atoms with Crippen molar-refractivity contribution in [3.8, 4) is 0 Å². The first-order chi connectivity index (χ1) is 31.3. The molecule has 0 radical (unpaired) electrons. The Bertz CT molecular complexity index is 2120. The van der Waals surface area contributed by atoms with Crippen LogP contribution in [0.4, 0.5) is 0 Å². The Morgan fingerprint density at radius 3 is 1.45 bits per heavy atom. The second kappa shape index (κ2) is 26.3. The van der Waals surface area contributed by atoms with Gasteiger partial charge in [0.25, 0.3) is 0 Å². The van der Waals surface area contributed by atoms with Gasteiger partial charge in [0, 0.05) is 61.4 Å². The van der Waals surface area contributed by atoms with Crippen LogP contribution < -0.4 is 43.4 Å². The van der Waals surface area contributed by atoms with Gasteiger partial charge in [0.1, 0.15) is 42.5 Å². The monoisotopic (exact) mass is 904 g/mol. The number of aldehydes is 1. The molecule has 3 heterocycles. The maximum absolute atomic E-state index is 14.2. The van der Waals surface area contributed by atoms with Gasteiger partial charge in [-0.05, 0) is 44.2 Å². The van der Waals surface area contributed by atoms with Gasteiger partial charge in [0.15, 0.2) is 0 Å². The van der Waals surface area contributed by atoms with Crippen molar-refractivity contribution in [3.63, 3.8) is 0 Å². The van der Waals surface area contributed by atoms with E-state index in [1.54, 1.807) is 24.3 Å². The second-order valence-corrected chi connectivity index (χ2v) is 15.1. The molecule has 0 saturated carbocycles. The van der Waals surface area contributed by atoms with E-state index in [4.69, 9.17) is 11.5 Å². The first-order valence-electron chi connectivity index (χ1n) is 20.8. The fourth-order valence-electron chi connectivity index (χ4n) is 6.51. The molecule has 4 aromatic rings. The van der Waals surface area contributed by atoms with Gasteiger partial charge in [-0.25, -0.2) is 15.0 Å². The summed E-state index contributed by atoms with van der Waals surface area (Å²) >= 11 is 0. The summed E-state index contributed by atoms with van der Waals surface area (Å²) in [7, 11) is 0. The standard InChI is InChI=1S/C41H56N14O10/c42-11-5-4-8-30(37(61)54-34(15-27-18-46-23-49-27)41(65)55-32(13-25-16-44-21-47-25)39(63)50-28(19-56)20-57)51-38(62)31(9-10-35(58)59)52-40(64)33(14-26-17-45-22-48-26)53-36(60)29(43)12-24-6-2-1-3-7-24/h1-3,6-7,16-19,21-23,28-34,57H,4-5,8-15,20,42-43H2,(H,44,47)(H,45,48)(H,46,49)(H,50,63)(H,51,62)(H,52,64)(H,53,60)(H,54,61)(H,55,65)(H,58,59)/t28-,29+,30+,31+,32+,33+,34+/m1/s1. The van der Waals surface area contributed by atoms with Crippen LogP contribution >= 0.6 is 0 Å². The molecular formula is C41H56N14O10. The van der Waals surface area contributed by atoms with Gasteiger partial charge in [-0.2, -0.15) is 0 Å². The maximum atomic E-state index is 14.2. The minimum absolute atomic E-state index is 0.0102. The summed E-state index contributed by atoms with van der Waals surface area (Å²) in [6, 6.07) is -0.328. The highest BCUT2D eigenvalue weighted by Crippen LogP contribution is 2.10. The molecule has 0 fully saturated rings. The Morgan fingerprint density at radius 2 is 1.03 bits per heavy atom. The van der Waals surface area contributed by atoms with Gasteiger partial charge >= 0.3 is 5.97 Å². The van der Waals surface area contributed by atoms with Gasteiger partial charge in [-0.15, -0.1) is 0 Å². The topological polar surface area (TPSA) is 387 Å². The van der Waals surface area contributed by atoms with Crippen molar-refractivity contribution in [3.05, 3.63) is 90.5 Å². The number of aromatic amines is 3. The summed E-state index contributed by atoms with van der Waals surface area (Å²) in [6.45, 7) is -0.466. The molecule has 0 saturated heterocycles. The molecule has 0 spiro atoms. The van der Waals surface area contributed by atoms with Gasteiger partial charge in [0.05, 0.1) is 31.6 Å². The molecule has 24 heteroatoms. The number of nitrogens with zero attached hydrogens (tertiary/aromatic N) is 3. The first-order valence-corrected chi connectivity index (χ1v) is 20.8. The molecule has 3 aromatic heterocycles. The van der Waals surface area contributed by atoms with Gasteiger partial charge < -0.3 is 73.3 Å². The highest BCUT2D eigenvalue weighted by Gasteiger charge is 2.34. The van der Waals surface area contributed by atoms with E-state index >= 15 is 0 Å². The lowest BCUT2D eigenvalue weighted by Gasteiger charge is -2.27. The molecule has 24 nitrogen and oxygen atoms in total. The number of carboxylic acid groups (broad SMARTS) is 1. The molecule has 0 aliphatic carbocycles. The third kappa shape index (κ3) is 17.1.